The average Bonchev–Trinajstić information content (AvgIpc) is 2.38. The van der Waals surface area contributed by atoms with Crippen molar-refractivity contribution in [3.8, 4) is 5.75 Å². The molecule has 0 N–H and O–H groups in total. The van der Waals surface area contributed by atoms with Crippen LogP contribution in [0.4, 0.5) is 0 Å². The van der Waals surface area contributed by atoms with Crippen LogP contribution in [-0.2, 0) is 20.7 Å². The Labute approximate surface area is 106 Å². The maximum Gasteiger partial charge on any atom is 0.335 e. The molecule has 0 aliphatic rings. The normalized spacial score (nSPS) is 9.33. The second-order valence-corrected chi connectivity index (χ2v) is 3.39. The fraction of sp³-hybridized carbons (Fsp3) is 0.143. The molecule has 0 aliphatic carbocycles. The van der Waals surface area contributed by atoms with Gasteiger partial charge in [0.1, 0.15) is 5.75 Å². The first-order valence-corrected chi connectivity index (χ1v) is 5.38. The molecule has 94 valence electrons. The van der Waals surface area contributed by atoms with Gasteiger partial charge in [-0.25, -0.2) is 9.59 Å². The molecule has 0 fully saturated rings. The minimum absolute atomic E-state index is 0.254. The van der Waals surface area contributed by atoms with Gasteiger partial charge in [0.25, 0.3) is 0 Å². The lowest BCUT2D eigenvalue weighted by atomic mass is 10.1. The number of hydrogen-bond donors (Lipinski definition) is 0. The van der Waals surface area contributed by atoms with E-state index in [9.17, 15) is 9.59 Å². The number of carbonyl (C=O) groups is 2. The summed E-state index contributed by atoms with van der Waals surface area (Å²) < 4.78 is 9.83. The third kappa shape index (κ3) is 4.65. The van der Waals surface area contributed by atoms with Crippen molar-refractivity contribution in [1.29, 1.82) is 0 Å². The van der Waals surface area contributed by atoms with Crippen LogP contribution in [0.25, 0.3) is 0 Å². The number of esters is 2. The zero-order valence-corrected chi connectivity index (χ0v) is 9.93. The lowest BCUT2D eigenvalue weighted by Gasteiger charge is -2.05. The molecule has 0 spiro atoms. The molecule has 4 heteroatoms. The van der Waals surface area contributed by atoms with Crippen LogP contribution in [0, 0.1) is 0 Å². The van der Waals surface area contributed by atoms with Gasteiger partial charge < -0.3 is 9.47 Å². The van der Waals surface area contributed by atoms with Gasteiger partial charge in [0.2, 0.25) is 0 Å². The van der Waals surface area contributed by atoms with E-state index in [1.807, 2.05) is 6.07 Å². The molecule has 0 atom stereocenters. The van der Waals surface area contributed by atoms with Crippen LogP contribution in [0.5, 0.6) is 5.75 Å². The highest BCUT2D eigenvalue weighted by Gasteiger charge is 2.02. The minimum atomic E-state index is -0.509. The van der Waals surface area contributed by atoms with Crippen molar-refractivity contribution < 1.29 is 19.1 Å². The van der Waals surface area contributed by atoms with Crippen molar-refractivity contribution in [3.63, 3.8) is 0 Å². The molecular weight excluding hydrogens is 232 g/mol. The predicted molar refractivity (Wildman–Crippen MR) is 67.1 cm³/mol. The maximum absolute atomic E-state index is 11.0. The largest absolute Gasteiger partial charge is 0.462 e. The molecule has 0 saturated heterocycles. The highest BCUT2D eigenvalue weighted by Crippen LogP contribution is 2.14. The van der Waals surface area contributed by atoms with E-state index in [0.717, 1.165) is 17.7 Å². The molecule has 1 aromatic rings. The first-order chi connectivity index (χ1) is 8.65. The van der Waals surface area contributed by atoms with Crippen molar-refractivity contribution in [2.75, 3.05) is 6.61 Å². The number of benzene rings is 1. The summed E-state index contributed by atoms with van der Waals surface area (Å²) in [6.45, 7) is 6.87. The van der Waals surface area contributed by atoms with Gasteiger partial charge in [-0.05, 0) is 17.7 Å². The van der Waals surface area contributed by atoms with Gasteiger partial charge in [-0.3, -0.25) is 0 Å². The molecule has 0 saturated carbocycles. The topological polar surface area (TPSA) is 52.6 Å². The Hall–Kier alpha value is -2.36. The number of carbonyl (C=O) groups excluding carboxylic acids is 2. The summed E-state index contributed by atoms with van der Waals surface area (Å²) in [5.41, 5.74) is 0.904. The number of ether oxygens (including phenoxy) is 2. The summed E-state index contributed by atoms with van der Waals surface area (Å²) in [5, 5.41) is 0. The summed E-state index contributed by atoms with van der Waals surface area (Å²) >= 11 is 0. The van der Waals surface area contributed by atoms with E-state index >= 15 is 0 Å². The van der Waals surface area contributed by atoms with Crippen molar-refractivity contribution in [2.45, 2.75) is 6.42 Å². The summed E-state index contributed by atoms with van der Waals surface area (Å²) in [6.07, 6.45) is 2.75. The van der Waals surface area contributed by atoms with Crippen LogP contribution >= 0.6 is 0 Å². The molecule has 0 amide bonds. The molecule has 0 bridgehead atoms. The van der Waals surface area contributed by atoms with Crippen LogP contribution in [0.3, 0.4) is 0 Å². The average molecular weight is 246 g/mol. The second kappa shape index (κ2) is 7.06. The molecule has 1 rings (SSSR count). The molecule has 0 aromatic heterocycles. The van der Waals surface area contributed by atoms with Gasteiger partial charge in [0.05, 0.1) is 6.61 Å². The highest BCUT2D eigenvalue weighted by atomic mass is 16.5. The van der Waals surface area contributed by atoms with Gasteiger partial charge in [0, 0.05) is 18.6 Å². The Kier molecular flexibility index (Phi) is 5.38. The first-order valence-electron chi connectivity index (χ1n) is 5.38. The summed E-state index contributed by atoms with van der Waals surface area (Å²) in [6, 6.07) is 6.99. The quantitative estimate of drug-likeness (QED) is 0.438. The van der Waals surface area contributed by atoms with Crippen LogP contribution < -0.4 is 4.74 Å². The van der Waals surface area contributed by atoms with E-state index in [1.165, 1.54) is 0 Å². The van der Waals surface area contributed by atoms with Gasteiger partial charge in [0.15, 0.2) is 0 Å². The lowest BCUT2D eigenvalue weighted by Crippen LogP contribution is -2.05. The van der Waals surface area contributed by atoms with Crippen molar-refractivity contribution in [3.05, 3.63) is 55.1 Å². The van der Waals surface area contributed by atoms with Crippen molar-refractivity contribution in [2.24, 2.45) is 0 Å². The first kappa shape index (κ1) is 13.7. The van der Waals surface area contributed by atoms with E-state index in [4.69, 9.17) is 9.47 Å². The van der Waals surface area contributed by atoms with Crippen LogP contribution in [0.2, 0.25) is 0 Å². The summed E-state index contributed by atoms with van der Waals surface area (Å²) in [7, 11) is 0. The van der Waals surface area contributed by atoms with Crippen molar-refractivity contribution in [1.82, 2.24) is 0 Å². The van der Waals surface area contributed by atoms with Gasteiger partial charge in [-0.2, -0.15) is 0 Å². The SMILES string of the molecule is C=CC(=O)OCCc1cccc(OC(=O)C=C)c1. The molecule has 1 aromatic carbocycles. The monoisotopic (exact) mass is 246 g/mol. The Bertz CT molecular complexity index is 463. The fourth-order valence-corrected chi connectivity index (χ4v) is 1.25. The zero-order chi connectivity index (χ0) is 13.4. The molecular formula is C14H14O4. The predicted octanol–water partition coefficient (Wildman–Crippen LogP) is 2.05. The summed E-state index contributed by atoms with van der Waals surface area (Å²) in [4.78, 5) is 21.8. The van der Waals surface area contributed by atoms with Gasteiger partial charge in [-0.15, -0.1) is 0 Å². The summed E-state index contributed by atoms with van der Waals surface area (Å²) in [5.74, 6) is -0.526. The van der Waals surface area contributed by atoms with E-state index in [-0.39, 0.29) is 6.61 Å². The van der Waals surface area contributed by atoms with E-state index < -0.39 is 11.9 Å². The minimum Gasteiger partial charge on any atom is -0.462 e. The van der Waals surface area contributed by atoms with E-state index in [0.29, 0.717) is 12.2 Å². The third-order valence-electron chi connectivity index (χ3n) is 2.09. The van der Waals surface area contributed by atoms with Gasteiger partial charge in [-0.1, -0.05) is 25.3 Å². The molecule has 0 heterocycles. The molecule has 0 radical (unpaired) electrons. The third-order valence-corrected chi connectivity index (χ3v) is 2.09. The number of hydrogen-bond acceptors (Lipinski definition) is 4. The number of rotatable bonds is 6. The lowest BCUT2D eigenvalue weighted by molar-refractivity contribution is -0.137. The highest BCUT2D eigenvalue weighted by molar-refractivity contribution is 5.83. The zero-order valence-electron chi connectivity index (χ0n) is 9.93. The van der Waals surface area contributed by atoms with Crippen molar-refractivity contribution >= 4 is 11.9 Å². The smallest absolute Gasteiger partial charge is 0.335 e. The van der Waals surface area contributed by atoms with E-state index in [2.05, 4.69) is 13.2 Å². The van der Waals surface area contributed by atoms with Gasteiger partial charge >= 0.3 is 11.9 Å². The van der Waals surface area contributed by atoms with Crippen LogP contribution in [0.15, 0.2) is 49.6 Å². The Morgan fingerprint density at radius 2 is 1.89 bits per heavy atom. The standard InChI is InChI=1S/C14H14O4/c1-3-13(15)17-9-8-11-6-5-7-12(10-11)18-14(16)4-2/h3-7,10H,1-2,8-9H2. The Morgan fingerprint density at radius 1 is 1.17 bits per heavy atom. The molecule has 0 aliphatic heterocycles. The van der Waals surface area contributed by atoms with Crippen LogP contribution in [-0.4, -0.2) is 18.5 Å². The molecule has 18 heavy (non-hydrogen) atoms. The fourth-order valence-electron chi connectivity index (χ4n) is 1.25. The Balaban J connectivity index is 2.54. The Morgan fingerprint density at radius 3 is 2.56 bits per heavy atom. The second-order valence-electron chi connectivity index (χ2n) is 3.39. The van der Waals surface area contributed by atoms with Crippen LogP contribution in [0.1, 0.15) is 5.56 Å². The maximum atomic E-state index is 11.0. The molecule has 4 nitrogen and oxygen atoms in total. The van der Waals surface area contributed by atoms with E-state index in [1.54, 1.807) is 18.2 Å². The molecule has 0 unspecified atom stereocenters.